The van der Waals surface area contributed by atoms with Crippen molar-refractivity contribution in [3.8, 4) is 0 Å². The third-order valence-electron chi connectivity index (χ3n) is 4.06. The summed E-state index contributed by atoms with van der Waals surface area (Å²) in [6.45, 7) is 9.25. The quantitative estimate of drug-likeness (QED) is 0.702. The number of unbranched alkanes of at least 4 members (excludes halogenated alkanes) is 1. The first-order valence-corrected chi connectivity index (χ1v) is 7.29. The van der Waals surface area contributed by atoms with Gasteiger partial charge in [-0.2, -0.15) is 0 Å². The van der Waals surface area contributed by atoms with Crippen molar-refractivity contribution in [2.75, 3.05) is 26.7 Å². The van der Waals surface area contributed by atoms with Crippen molar-refractivity contribution >= 4 is 5.91 Å². The molecule has 4 nitrogen and oxygen atoms in total. The zero-order valence-corrected chi connectivity index (χ0v) is 12.3. The molecule has 1 aliphatic heterocycles. The highest BCUT2D eigenvalue weighted by Gasteiger charge is 2.29. The number of likely N-dealkylation sites (tertiary alicyclic amines) is 1. The summed E-state index contributed by atoms with van der Waals surface area (Å²) in [6.07, 6.45) is 3.32. The Morgan fingerprint density at radius 2 is 2.22 bits per heavy atom. The summed E-state index contributed by atoms with van der Waals surface area (Å²) in [4.78, 5) is 14.3. The minimum Gasteiger partial charge on any atom is -0.355 e. The van der Waals surface area contributed by atoms with Gasteiger partial charge in [0.1, 0.15) is 0 Å². The van der Waals surface area contributed by atoms with Gasteiger partial charge in [0.05, 0.1) is 6.04 Å². The van der Waals surface area contributed by atoms with Crippen LogP contribution in [0.15, 0.2) is 0 Å². The molecule has 106 valence electrons. The van der Waals surface area contributed by atoms with Crippen molar-refractivity contribution < 1.29 is 4.79 Å². The molecule has 1 aliphatic rings. The van der Waals surface area contributed by atoms with Crippen LogP contribution in [0.1, 0.15) is 40.0 Å². The maximum Gasteiger partial charge on any atom is 0.237 e. The average Bonchev–Trinajstić information content (AvgIpc) is 2.38. The lowest BCUT2D eigenvalue weighted by molar-refractivity contribution is -0.126. The van der Waals surface area contributed by atoms with Gasteiger partial charge in [-0.1, -0.05) is 20.3 Å². The molecular formula is C14H29N3O. The molecule has 1 amide bonds. The second kappa shape index (κ2) is 7.74. The molecule has 1 saturated heterocycles. The van der Waals surface area contributed by atoms with Gasteiger partial charge in [-0.15, -0.1) is 0 Å². The van der Waals surface area contributed by atoms with Crippen LogP contribution in [0, 0.1) is 5.92 Å². The molecule has 1 fully saturated rings. The minimum absolute atomic E-state index is 0.00196. The van der Waals surface area contributed by atoms with Crippen LogP contribution in [0.4, 0.5) is 0 Å². The number of hydrogen-bond acceptors (Lipinski definition) is 3. The first-order chi connectivity index (χ1) is 8.60. The Morgan fingerprint density at radius 1 is 1.50 bits per heavy atom. The highest BCUT2D eigenvalue weighted by Crippen LogP contribution is 2.18. The third-order valence-corrected chi connectivity index (χ3v) is 4.06. The Kier molecular flexibility index (Phi) is 6.65. The Morgan fingerprint density at radius 3 is 2.78 bits per heavy atom. The van der Waals surface area contributed by atoms with E-state index in [1.165, 1.54) is 0 Å². The molecule has 3 atom stereocenters. The van der Waals surface area contributed by atoms with Gasteiger partial charge in [-0.3, -0.25) is 9.69 Å². The molecular weight excluding hydrogens is 226 g/mol. The number of hydrogen-bond donors (Lipinski definition) is 2. The normalized spacial score (nSPS) is 26.9. The van der Waals surface area contributed by atoms with Crippen molar-refractivity contribution in [1.82, 2.24) is 15.5 Å². The molecule has 3 unspecified atom stereocenters. The molecule has 1 rings (SSSR count). The minimum atomic E-state index is 0.00196. The summed E-state index contributed by atoms with van der Waals surface area (Å²) >= 11 is 0. The van der Waals surface area contributed by atoms with E-state index in [4.69, 9.17) is 0 Å². The third kappa shape index (κ3) is 4.25. The fourth-order valence-electron chi connectivity index (χ4n) is 2.66. The van der Waals surface area contributed by atoms with Gasteiger partial charge in [-0.05, 0) is 32.7 Å². The van der Waals surface area contributed by atoms with E-state index < -0.39 is 0 Å². The van der Waals surface area contributed by atoms with E-state index in [2.05, 4.69) is 29.4 Å². The van der Waals surface area contributed by atoms with Gasteiger partial charge >= 0.3 is 0 Å². The first kappa shape index (κ1) is 15.4. The van der Waals surface area contributed by atoms with Crippen LogP contribution in [0.25, 0.3) is 0 Å². The fraction of sp³-hybridized carbons (Fsp3) is 0.929. The fourth-order valence-corrected chi connectivity index (χ4v) is 2.66. The predicted octanol–water partition coefficient (Wildman–Crippen LogP) is 1.22. The zero-order valence-electron chi connectivity index (χ0n) is 12.3. The summed E-state index contributed by atoms with van der Waals surface area (Å²) in [7, 11) is 2.03. The van der Waals surface area contributed by atoms with Crippen molar-refractivity contribution in [2.45, 2.75) is 52.1 Å². The molecule has 1 heterocycles. The Hall–Kier alpha value is -0.610. The monoisotopic (exact) mass is 255 g/mol. The number of rotatable bonds is 6. The summed E-state index contributed by atoms with van der Waals surface area (Å²) in [5.41, 5.74) is 0. The van der Waals surface area contributed by atoms with Crippen LogP contribution in [0.5, 0.6) is 0 Å². The Balaban J connectivity index is 2.38. The van der Waals surface area contributed by atoms with E-state index in [1.807, 2.05) is 14.0 Å². The summed E-state index contributed by atoms with van der Waals surface area (Å²) < 4.78 is 0. The predicted molar refractivity (Wildman–Crippen MR) is 75.6 cm³/mol. The number of carbonyl (C=O) groups excluding carboxylic acids is 1. The van der Waals surface area contributed by atoms with E-state index in [-0.39, 0.29) is 11.9 Å². The van der Waals surface area contributed by atoms with E-state index in [0.717, 1.165) is 38.9 Å². The van der Waals surface area contributed by atoms with Gasteiger partial charge in [0.15, 0.2) is 0 Å². The number of nitrogens with zero attached hydrogens (tertiary/aromatic N) is 1. The van der Waals surface area contributed by atoms with E-state index in [9.17, 15) is 4.79 Å². The lowest BCUT2D eigenvalue weighted by Crippen LogP contribution is -2.53. The van der Waals surface area contributed by atoms with Crippen LogP contribution in [-0.4, -0.2) is 49.6 Å². The molecule has 0 spiro atoms. The zero-order chi connectivity index (χ0) is 13.5. The van der Waals surface area contributed by atoms with Crippen LogP contribution in [-0.2, 0) is 4.79 Å². The molecule has 0 saturated carbocycles. The van der Waals surface area contributed by atoms with Crippen LogP contribution in [0.2, 0.25) is 0 Å². The van der Waals surface area contributed by atoms with Crippen molar-refractivity contribution in [3.63, 3.8) is 0 Å². The summed E-state index contributed by atoms with van der Waals surface area (Å²) in [6, 6.07) is 0.596. The van der Waals surface area contributed by atoms with Crippen LogP contribution < -0.4 is 10.6 Å². The lowest BCUT2D eigenvalue weighted by atomic mass is 9.93. The van der Waals surface area contributed by atoms with Gasteiger partial charge in [0.2, 0.25) is 5.91 Å². The van der Waals surface area contributed by atoms with Crippen LogP contribution in [0.3, 0.4) is 0 Å². The van der Waals surface area contributed by atoms with Crippen LogP contribution >= 0.6 is 0 Å². The van der Waals surface area contributed by atoms with Crippen molar-refractivity contribution in [1.29, 1.82) is 0 Å². The number of nitrogens with one attached hydrogen (secondary N) is 2. The maximum absolute atomic E-state index is 12.0. The maximum atomic E-state index is 12.0. The van der Waals surface area contributed by atoms with Gasteiger partial charge in [-0.25, -0.2) is 0 Å². The SMILES string of the molecule is CCCCNC(=O)C(C)N1CCC(NC)C(C)C1. The molecule has 2 N–H and O–H groups in total. The van der Waals surface area contributed by atoms with Gasteiger partial charge in [0.25, 0.3) is 0 Å². The molecule has 0 bridgehead atoms. The molecule has 0 radical (unpaired) electrons. The molecule has 0 aromatic rings. The van der Waals surface area contributed by atoms with E-state index >= 15 is 0 Å². The molecule has 18 heavy (non-hydrogen) atoms. The second-order valence-corrected chi connectivity index (χ2v) is 5.48. The molecule has 4 heteroatoms. The molecule has 0 aromatic heterocycles. The van der Waals surface area contributed by atoms with E-state index in [1.54, 1.807) is 0 Å². The van der Waals surface area contributed by atoms with Gasteiger partial charge < -0.3 is 10.6 Å². The smallest absolute Gasteiger partial charge is 0.237 e. The topological polar surface area (TPSA) is 44.4 Å². The van der Waals surface area contributed by atoms with Crippen molar-refractivity contribution in [3.05, 3.63) is 0 Å². The lowest BCUT2D eigenvalue weighted by Gasteiger charge is -2.39. The van der Waals surface area contributed by atoms with Crippen molar-refractivity contribution in [2.24, 2.45) is 5.92 Å². The highest BCUT2D eigenvalue weighted by molar-refractivity contribution is 5.81. The number of piperidine rings is 1. The standard InChI is InChI=1S/C14H29N3O/c1-5-6-8-16-14(18)12(3)17-9-7-13(15-4)11(2)10-17/h11-13,15H,5-10H2,1-4H3,(H,16,18). The van der Waals surface area contributed by atoms with E-state index in [0.29, 0.717) is 12.0 Å². The summed E-state index contributed by atoms with van der Waals surface area (Å²) in [5.74, 6) is 0.785. The molecule has 0 aliphatic carbocycles. The highest BCUT2D eigenvalue weighted by atomic mass is 16.2. The number of carbonyl (C=O) groups is 1. The Bertz CT molecular complexity index is 257. The largest absolute Gasteiger partial charge is 0.355 e. The molecule has 0 aromatic carbocycles. The summed E-state index contributed by atoms with van der Waals surface area (Å²) in [5, 5.41) is 6.38. The van der Waals surface area contributed by atoms with Gasteiger partial charge in [0, 0.05) is 25.7 Å². The Labute approximate surface area is 111 Å². The first-order valence-electron chi connectivity index (χ1n) is 7.29. The number of amides is 1. The average molecular weight is 255 g/mol. The second-order valence-electron chi connectivity index (χ2n) is 5.48.